The molecule has 0 radical (unpaired) electrons. The topological polar surface area (TPSA) is 92.2 Å². The van der Waals surface area contributed by atoms with Gasteiger partial charge in [-0.3, -0.25) is 0 Å². The van der Waals surface area contributed by atoms with Crippen molar-refractivity contribution in [3.8, 4) is 17.2 Å². The first-order valence-corrected chi connectivity index (χ1v) is 14.6. The zero-order valence-electron chi connectivity index (χ0n) is 27.7. The summed E-state index contributed by atoms with van der Waals surface area (Å²) in [6.45, 7) is 27.7. The molecular formula is C37H54O4. The molecule has 0 fully saturated rings. The highest BCUT2D eigenvalue weighted by molar-refractivity contribution is 5.53. The molecule has 3 aromatic carbocycles. The fraction of sp³-hybridized carbons (Fsp3) is 0.514. The van der Waals surface area contributed by atoms with Crippen molar-refractivity contribution in [2.75, 3.05) is 0 Å². The van der Waals surface area contributed by atoms with Crippen molar-refractivity contribution in [2.45, 2.75) is 125 Å². The lowest BCUT2D eigenvalue weighted by Crippen LogP contribution is -2.17. The van der Waals surface area contributed by atoms with Gasteiger partial charge in [-0.25, -0.2) is 0 Å². The van der Waals surface area contributed by atoms with E-state index in [4.69, 9.17) is 0 Å². The van der Waals surface area contributed by atoms with Gasteiger partial charge in [-0.05, 0) is 118 Å². The van der Waals surface area contributed by atoms with Crippen LogP contribution in [-0.4, -0.2) is 20.8 Å². The van der Waals surface area contributed by atoms with E-state index in [2.05, 4.69) is 108 Å². The molecule has 3 rings (SSSR count). The average molecular weight is 563 g/mol. The van der Waals surface area contributed by atoms with E-state index in [1.807, 2.05) is 18.2 Å². The maximum atomic E-state index is 10.9. The minimum Gasteiger partial charge on any atom is -0.508 e. The Labute approximate surface area is 248 Å². The molecule has 4 heteroatoms. The predicted molar refractivity (Wildman–Crippen MR) is 173 cm³/mol. The van der Waals surface area contributed by atoms with Crippen LogP contribution in [0.2, 0.25) is 0 Å². The SMILES string of the molecule is Cc1cc(O)c(C(C)(C)C)cc1C(C)CC(c1cc(C(C)(C)C)c(O)cc1C)c1cc(C(C)(C)C)c(O)cc1C.O. The second kappa shape index (κ2) is 11.7. The largest absolute Gasteiger partial charge is 0.508 e. The molecule has 1 atom stereocenters. The summed E-state index contributed by atoms with van der Waals surface area (Å²) in [5.74, 6) is 1.27. The van der Waals surface area contributed by atoms with Gasteiger partial charge in [0, 0.05) is 5.92 Å². The molecule has 0 aliphatic rings. The molecule has 3 aromatic rings. The third kappa shape index (κ3) is 7.27. The van der Waals surface area contributed by atoms with Gasteiger partial charge in [0.25, 0.3) is 0 Å². The van der Waals surface area contributed by atoms with Crippen LogP contribution < -0.4 is 0 Å². The van der Waals surface area contributed by atoms with E-state index in [9.17, 15) is 15.3 Å². The van der Waals surface area contributed by atoms with Crippen LogP contribution in [-0.2, 0) is 16.2 Å². The van der Waals surface area contributed by atoms with Crippen molar-refractivity contribution < 1.29 is 20.8 Å². The molecule has 0 aliphatic heterocycles. The Bertz CT molecular complexity index is 1330. The van der Waals surface area contributed by atoms with Crippen molar-refractivity contribution in [3.05, 3.63) is 86.5 Å². The number of phenols is 3. The molecule has 0 aromatic heterocycles. The predicted octanol–water partition coefficient (Wildman–Crippen LogP) is 9.12. The van der Waals surface area contributed by atoms with E-state index in [1.165, 1.54) is 16.7 Å². The third-order valence-electron chi connectivity index (χ3n) is 8.45. The number of phenolic OH excluding ortho intramolecular Hbond substituents is 3. The summed E-state index contributed by atoms with van der Waals surface area (Å²) in [5, 5.41) is 32.6. The maximum absolute atomic E-state index is 10.9. The zero-order chi connectivity index (χ0) is 30.5. The van der Waals surface area contributed by atoms with Gasteiger partial charge in [-0.15, -0.1) is 0 Å². The number of hydrogen-bond donors (Lipinski definition) is 3. The Hall–Kier alpha value is -2.98. The standard InChI is InChI=1S/C37H52O3.H2O/c1-21(25-18-29(35(5,6)7)32(38)15-22(25)2)14-28(26-19-30(36(8,9)10)33(39)16-23(26)3)27-20-31(37(11,12)13)34(40)17-24(27)4;/h15-21,28,38-40H,14H2,1-13H3;1H2. The molecule has 0 saturated heterocycles. The highest BCUT2D eigenvalue weighted by atomic mass is 16.3. The lowest BCUT2D eigenvalue weighted by Gasteiger charge is -2.31. The van der Waals surface area contributed by atoms with Crippen molar-refractivity contribution in [1.29, 1.82) is 0 Å². The smallest absolute Gasteiger partial charge is 0.119 e. The van der Waals surface area contributed by atoms with Crippen LogP contribution in [0, 0.1) is 20.8 Å². The molecule has 5 N–H and O–H groups in total. The Kier molecular flexibility index (Phi) is 9.78. The second-order valence-electron chi connectivity index (χ2n) is 15.1. The summed E-state index contributed by atoms with van der Waals surface area (Å²) in [6, 6.07) is 12.3. The molecule has 1 unspecified atom stereocenters. The van der Waals surface area contributed by atoms with Crippen LogP contribution in [0.3, 0.4) is 0 Å². The summed E-state index contributed by atoms with van der Waals surface area (Å²) >= 11 is 0. The van der Waals surface area contributed by atoms with Gasteiger partial charge in [0.1, 0.15) is 17.2 Å². The molecule has 0 spiro atoms. The van der Waals surface area contributed by atoms with Crippen molar-refractivity contribution in [3.63, 3.8) is 0 Å². The molecule has 0 bridgehead atoms. The lowest BCUT2D eigenvalue weighted by atomic mass is 9.74. The monoisotopic (exact) mass is 562 g/mol. The van der Waals surface area contributed by atoms with Gasteiger partial charge < -0.3 is 20.8 Å². The molecular weight excluding hydrogens is 508 g/mol. The van der Waals surface area contributed by atoms with E-state index in [-0.39, 0.29) is 33.6 Å². The van der Waals surface area contributed by atoms with Crippen LogP contribution >= 0.6 is 0 Å². The van der Waals surface area contributed by atoms with E-state index in [1.54, 1.807) is 0 Å². The Morgan fingerprint density at radius 3 is 1.07 bits per heavy atom. The van der Waals surface area contributed by atoms with Gasteiger partial charge in [-0.1, -0.05) is 87.4 Å². The highest BCUT2D eigenvalue weighted by Gasteiger charge is 2.29. The zero-order valence-corrected chi connectivity index (χ0v) is 27.7. The van der Waals surface area contributed by atoms with Gasteiger partial charge in [-0.2, -0.15) is 0 Å². The Morgan fingerprint density at radius 1 is 0.512 bits per heavy atom. The van der Waals surface area contributed by atoms with Gasteiger partial charge >= 0.3 is 0 Å². The second-order valence-corrected chi connectivity index (χ2v) is 15.1. The van der Waals surface area contributed by atoms with Crippen LogP contribution in [0.1, 0.15) is 138 Å². The molecule has 226 valence electrons. The lowest BCUT2D eigenvalue weighted by molar-refractivity contribution is 0.444. The number of aromatic hydroxyl groups is 3. The molecule has 4 nitrogen and oxygen atoms in total. The van der Waals surface area contributed by atoms with Crippen LogP contribution in [0.25, 0.3) is 0 Å². The molecule has 0 heterocycles. The minimum absolute atomic E-state index is 0. The quantitative estimate of drug-likeness (QED) is 0.289. The average Bonchev–Trinajstić information content (AvgIpc) is 2.75. The Morgan fingerprint density at radius 2 is 0.780 bits per heavy atom. The third-order valence-corrected chi connectivity index (χ3v) is 8.45. The number of rotatable bonds is 5. The first kappa shape index (κ1) is 34.2. The molecule has 0 amide bonds. The van der Waals surface area contributed by atoms with E-state index < -0.39 is 0 Å². The molecule has 0 aliphatic carbocycles. The fourth-order valence-electron chi connectivity index (χ4n) is 6.11. The summed E-state index contributed by atoms with van der Waals surface area (Å²) in [6.07, 6.45) is 0.847. The summed E-state index contributed by atoms with van der Waals surface area (Å²) in [7, 11) is 0. The summed E-state index contributed by atoms with van der Waals surface area (Å²) in [5.41, 5.74) is 9.11. The van der Waals surface area contributed by atoms with Crippen LogP contribution in [0.4, 0.5) is 0 Å². The first-order valence-electron chi connectivity index (χ1n) is 14.6. The van der Waals surface area contributed by atoms with E-state index in [0.717, 1.165) is 39.8 Å². The van der Waals surface area contributed by atoms with E-state index in [0.29, 0.717) is 17.2 Å². The van der Waals surface area contributed by atoms with Gasteiger partial charge in [0.05, 0.1) is 0 Å². The first-order chi connectivity index (χ1) is 18.1. The van der Waals surface area contributed by atoms with Crippen molar-refractivity contribution in [2.24, 2.45) is 0 Å². The van der Waals surface area contributed by atoms with Crippen molar-refractivity contribution in [1.82, 2.24) is 0 Å². The summed E-state index contributed by atoms with van der Waals surface area (Å²) < 4.78 is 0. The highest BCUT2D eigenvalue weighted by Crippen LogP contribution is 2.45. The Balaban J connectivity index is 0.00000588. The molecule has 0 saturated carbocycles. The number of hydrogen-bond acceptors (Lipinski definition) is 3. The number of benzene rings is 3. The van der Waals surface area contributed by atoms with E-state index >= 15 is 0 Å². The van der Waals surface area contributed by atoms with Gasteiger partial charge in [0.2, 0.25) is 0 Å². The maximum Gasteiger partial charge on any atom is 0.119 e. The fourth-order valence-corrected chi connectivity index (χ4v) is 6.11. The van der Waals surface area contributed by atoms with Gasteiger partial charge in [0.15, 0.2) is 0 Å². The van der Waals surface area contributed by atoms with Crippen LogP contribution in [0.5, 0.6) is 17.2 Å². The van der Waals surface area contributed by atoms with Crippen LogP contribution in [0.15, 0.2) is 36.4 Å². The van der Waals surface area contributed by atoms with Crippen molar-refractivity contribution >= 4 is 0 Å². The summed E-state index contributed by atoms with van der Waals surface area (Å²) in [4.78, 5) is 0. The minimum atomic E-state index is -0.210. The molecule has 41 heavy (non-hydrogen) atoms. The number of aryl methyl sites for hydroxylation is 3. The normalized spacial score (nSPS) is 13.3.